The number of carbonyl (C=O) groups excluding carboxylic acids is 3. The zero-order chi connectivity index (χ0) is 18.1. The molecule has 0 saturated carbocycles. The van der Waals surface area contributed by atoms with Gasteiger partial charge in [0.2, 0.25) is 5.91 Å². The lowest BCUT2D eigenvalue weighted by atomic mass is 10.1. The molecular weight excluding hydrogens is 336 g/mol. The van der Waals surface area contributed by atoms with Crippen LogP contribution >= 0.6 is 0 Å². The van der Waals surface area contributed by atoms with Gasteiger partial charge in [0.05, 0.1) is 16.8 Å². The molecule has 1 N–H and O–H groups in total. The Hall–Kier alpha value is -3.88. The van der Waals surface area contributed by atoms with Gasteiger partial charge in [-0.15, -0.1) is 5.10 Å². The van der Waals surface area contributed by atoms with Crippen LogP contribution in [0, 0.1) is 0 Å². The summed E-state index contributed by atoms with van der Waals surface area (Å²) in [6, 6.07) is 13.2. The topological polar surface area (TPSA) is 110 Å². The monoisotopic (exact) mass is 348 g/mol. The third kappa shape index (κ3) is 2.71. The molecular formula is C17H12N6O3. The summed E-state index contributed by atoms with van der Waals surface area (Å²) in [5.41, 5.74) is 1.57. The van der Waals surface area contributed by atoms with Gasteiger partial charge in [-0.1, -0.05) is 18.2 Å². The lowest BCUT2D eigenvalue weighted by Gasteiger charge is -2.15. The summed E-state index contributed by atoms with van der Waals surface area (Å²) in [5.74, 6) is -1.11. The van der Waals surface area contributed by atoms with Crippen LogP contribution in [0.25, 0.3) is 0 Å². The average Bonchev–Trinajstić information content (AvgIpc) is 3.23. The van der Waals surface area contributed by atoms with Crippen LogP contribution in [-0.2, 0) is 11.3 Å². The van der Waals surface area contributed by atoms with Crippen LogP contribution in [0.1, 0.15) is 20.7 Å². The number of carbonyl (C=O) groups is 3. The molecule has 9 heteroatoms. The molecule has 0 radical (unpaired) electrons. The van der Waals surface area contributed by atoms with Gasteiger partial charge < -0.3 is 5.32 Å². The summed E-state index contributed by atoms with van der Waals surface area (Å²) in [6.07, 6.45) is 1.33. The van der Waals surface area contributed by atoms with E-state index in [1.165, 1.54) is 11.0 Å². The van der Waals surface area contributed by atoms with E-state index in [9.17, 15) is 14.4 Å². The van der Waals surface area contributed by atoms with Gasteiger partial charge in [0, 0.05) is 5.69 Å². The maximum atomic E-state index is 12.5. The second-order valence-corrected chi connectivity index (χ2v) is 5.60. The predicted molar refractivity (Wildman–Crippen MR) is 90.5 cm³/mol. The molecule has 0 aliphatic carbocycles. The summed E-state index contributed by atoms with van der Waals surface area (Å²) >= 11 is 0. The van der Waals surface area contributed by atoms with E-state index >= 15 is 0 Å². The molecule has 0 unspecified atom stereocenters. The van der Waals surface area contributed by atoms with Crippen molar-refractivity contribution in [3.8, 4) is 0 Å². The number of anilines is 2. The third-order valence-corrected chi connectivity index (χ3v) is 3.88. The second kappa shape index (κ2) is 6.20. The number of imide groups is 1. The molecule has 0 fully saturated rings. The molecule has 0 saturated heterocycles. The molecule has 3 aromatic rings. The number of benzene rings is 2. The molecule has 128 valence electrons. The highest BCUT2D eigenvalue weighted by Gasteiger charge is 2.36. The number of aromatic nitrogens is 4. The number of tetrazole rings is 1. The van der Waals surface area contributed by atoms with E-state index in [1.807, 2.05) is 0 Å². The molecule has 1 aliphatic heterocycles. The van der Waals surface area contributed by atoms with Crippen molar-refractivity contribution in [2.75, 3.05) is 10.2 Å². The van der Waals surface area contributed by atoms with Gasteiger partial charge in [0.15, 0.2) is 0 Å². The third-order valence-electron chi connectivity index (χ3n) is 3.88. The van der Waals surface area contributed by atoms with Crippen LogP contribution in [0.4, 0.5) is 11.4 Å². The van der Waals surface area contributed by atoms with E-state index in [-0.39, 0.29) is 24.3 Å². The van der Waals surface area contributed by atoms with Crippen LogP contribution in [0.5, 0.6) is 0 Å². The summed E-state index contributed by atoms with van der Waals surface area (Å²) < 4.78 is 1.28. The first-order valence-electron chi connectivity index (χ1n) is 7.72. The smallest absolute Gasteiger partial charge is 0.266 e. The molecule has 26 heavy (non-hydrogen) atoms. The average molecular weight is 348 g/mol. The Bertz CT molecular complexity index is 980. The van der Waals surface area contributed by atoms with E-state index in [0.29, 0.717) is 22.5 Å². The van der Waals surface area contributed by atoms with Crippen molar-refractivity contribution in [2.45, 2.75) is 6.54 Å². The lowest BCUT2D eigenvalue weighted by molar-refractivity contribution is -0.116. The second-order valence-electron chi connectivity index (χ2n) is 5.60. The highest BCUT2D eigenvalue weighted by Crippen LogP contribution is 2.29. The number of amides is 3. The van der Waals surface area contributed by atoms with E-state index in [2.05, 4.69) is 20.8 Å². The van der Waals surface area contributed by atoms with E-state index in [1.54, 1.807) is 48.5 Å². The Balaban J connectivity index is 1.56. The minimum absolute atomic E-state index is 0.0513. The Morgan fingerprint density at radius 3 is 2.38 bits per heavy atom. The highest BCUT2D eigenvalue weighted by molar-refractivity contribution is 6.34. The first-order chi connectivity index (χ1) is 12.6. The van der Waals surface area contributed by atoms with Crippen molar-refractivity contribution in [3.05, 3.63) is 66.0 Å². The van der Waals surface area contributed by atoms with Gasteiger partial charge in [-0.05, 0) is 40.8 Å². The first-order valence-corrected chi connectivity index (χ1v) is 7.72. The number of hydrogen-bond donors (Lipinski definition) is 1. The van der Waals surface area contributed by atoms with Gasteiger partial charge in [0.25, 0.3) is 11.8 Å². The number of nitrogens with one attached hydrogen (secondary N) is 1. The standard InChI is InChI=1S/C17H12N6O3/c24-15(9-22-10-18-20-21-22)19-11-4-3-5-12(8-11)23-16(25)13-6-1-2-7-14(13)17(23)26/h1-8,10H,9H2,(H,19,24). The van der Waals surface area contributed by atoms with Gasteiger partial charge in [-0.2, -0.15) is 0 Å². The quantitative estimate of drug-likeness (QED) is 0.707. The fraction of sp³-hybridized carbons (Fsp3) is 0.0588. The normalized spacial score (nSPS) is 13.0. The number of fused-ring (bicyclic) bond motifs is 1. The fourth-order valence-corrected chi connectivity index (χ4v) is 2.75. The Morgan fingerprint density at radius 1 is 1.00 bits per heavy atom. The molecule has 0 spiro atoms. The largest absolute Gasteiger partial charge is 0.324 e. The SMILES string of the molecule is O=C(Cn1cnnn1)Nc1cccc(N2C(=O)c3ccccc3C2=O)c1. The molecule has 0 atom stereocenters. The Kier molecular flexibility index (Phi) is 3.73. The van der Waals surface area contributed by atoms with Crippen LogP contribution in [0.2, 0.25) is 0 Å². The first kappa shape index (κ1) is 15.6. The number of nitrogens with zero attached hydrogens (tertiary/aromatic N) is 5. The van der Waals surface area contributed by atoms with Crippen molar-refractivity contribution in [1.29, 1.82) is 0 Å². The van der Waals surface area contributed by atoms with Crippen LogP contribution in [0.15, 0.2) is 54.9 Å². The summed E-state index contributed by atoms with van der Waals surface area (Å²) in [4.78, 5) is 38.2. The van der Waals surface area contributed by atoms with Crippen molar-refractivity contribution in [1.82, 2.24) is 20.2 Å². The van der Waals surface area contributed by atoms with Gasteiger partial charge in [0.1, 0.15) is 12.9 Å². The Labute approximate surface area is 147 Å². The van der Waals surface area contributed by atoms with Gasteiger partial charge in [-0.3, -0.25) is 14.4 Å². The maximum absolute atomic E-state index is 12.5. The predicted octanol–water partition coefficient (Wildman–Crippen LogP) is 1.11. The van der Waals surface area contributed by atoms with E-state index < -0.39 is 0 Å². The molecule has 0 bridgehead atoms. The Morgan fingerprint density at radius 2 is 1.73 bits per heavy atom. The van der Waals surface area contributed by atoms with Crippen molar-refractivity contribution < 1.29 is 14.4 Å². The van der Waals surface area contributed by atoms with Crippen molar-refractivity contribution in [3.63, 3.8) is 0 Å². The van der Waals surface area contributed by atoms with Gasteiger partial charge >= 0.3 is 0 Å². The molecule has 2 aromatic carbocycles. The number of rotatable bonds is 4. The van der Waals surface area contributed by atoms with E-state index in [4.69, 9.17) is 0 Å². The van der Waals surface area contributed by atoms with Gasteiger partial charge in [-0.25, -0.2) is 9.58 Å². The maximum Gasteiger partial charge on any atom is 0.266 e. The minimum atomic E-state index is -0.386. The fourth-order valence-electron chi connectivity index (χ4n) is 2.75. The zero-order valence-corrected chi connectivity index (χ0v) is 13.4. The molecule has 2 heterocycles. The molecule has 4 rings (SSSR count). The van der Waals surface area contributed by atoms with Crippen LogP contribution < -0.4 is 10.2 Å². The van der Waals surface area contributed by atoms with E-state index in [0.717, 1.165) is 4.90 Å². The molecule has 1 aliphatic rings. The van der Waals surface area contributed by atoms with Crippen molar-refractivity contribution >= 4 is 29.1 Å². The highest BCUT2D eigenvalue weighted by atomic mass is 16.2. The minimum Gasteiger partial charge on any atom is -0.324 e. The lowest BCUT2D eigenvalue weighted by Crippen LogP contribution is -2.29. The summed E-state index contributed by atoms with van der Waals surface area (Å²) in [5, 5.41) is 13.2. The summed E-state index contributed by atoms with van der Waals surface area (Å²) in [6.45, 7) is -0.0513. The van der Waals surface area contributed by atoms with Crippen LogP contribution in [-0.4, -0.2) is 37.9 Å². The van der Waals surface area contributed by atoms with Crippen molar-refractivity contribution in [2.24, 2.45) is 0 Å². The molecule has 1 aromatic heterocycles. The number of hydrogen-bond acceptors (Lipinski definition) is 6. The molecule has 3 amide bonds. The zero-order valence-electron chi connectivity index (χ0n) is 13.4. The van der Waals surface area contributed by atoms with Crippen LogP contribution in [0.3, 0.4) is 0 Å². The molecule has 9 nitrogen and oxygen atoms in total. The summed E-state index contributed by atoms with van der Waals surface area (Å²) in [7, 11) is 0.